The van der Waals surface area contributed by atoms with E-state index in [1.54, 1.807) is 6.92 Å². The van der Waals surface area contributed by atoms with Crippen LogP contribution in [0.15, 0.2) is 0 Å². The third-order valence-electron chi connectivity index (χ3n) is 2.80. The summed E-state index contributed by atoms with van der Waals surface area (Å²) in [4.78, 5) is 24.0. The highest BCUT2D eigenvalue weighted by molar-refractivity contribution is 5.96. The lowest BCUT2D eigenvalue weighted by Gasteiger charge is -2.22. The van der Waals surface area contributed by atoms with Crippen molar-refractivity contribution in [3.8, 4) is 0 Å². The number of primary amides is 1. The van der Waals surface area contributed by atoms with E-state index in [1.165, 1.54) is 0 Å². The Bertz CT molecular complexity index is 262. The molecule has 0 aliphatic carbocycles. The molecule has 1 aliphatic heterocycles. The van der Waals surface area contributed by atoms with E-state index in [0.29, 0.717) is 6.04 Å². The minimum absolute atomic E-state index is 0. The van der Waals surface area contributed by atoms with Crippen molar-refractivity contribution in [2.45, 2.75) is 25.4 Å². The van der Waals surface area contributed by atoms with E-state index in [0.717, 1.165) is 19.5 Å². The van der Waals surface area contributed by atoms with E-state index in [9.17, 15) is 9.59 Å². The zero-order valence-corrected chi connectivity index (χ0v) is 10.3. The summed E-state index contributed by atoms with van der Waals surface area (Å²) >= 11 is 0. The fourth-order valence-corrected chi connectivity index (χ4v) is 1.77. The van der Waals surface area contributed by atoms with Gasteiger partial charge in [0.1, 0.15) is 0 Å². The number of nitrogens with zero attached hydrogens (tertiary/aromatic N) is 1. The Morgan fingerprint density at radius 3 is 2.56 bits per heavy atom. The molecule has 0 radical (unpaired) electrons. The summed E-state index contributed by atoms with van der Waals surface area (Å²) in [6.07, 6.45) is 1.02. The average Bonchev–Trinajstić information content (AvgIpc) is 2.63. The fourth-order valence-electron chi connectivity index (χ4n) is 1.77. The van der Waals surface area contributed by atoms with Crippen LogP contribution in [0.3, 0.4) is 0 Å². The first-order chi connectivity index (χ1) is 7.04. The zero-order chi connectivity index (χ0) is 11.4. The molecule has 4 N–H and O–H groups in total. The predicted molar refractivity (Wildman–Crippen MR) is 63.5 cm³/mol. The van der Waals surface area contributed by atoms with E-state index in [1.807, 2.05) is 11.9 Å². The number of rotatable bonds is 3. The third-order valence-corrected chi connectivity index (χ3v) is 2.80. The van der Waals surface area contributed by atoms with Crippen LogP contribution in [0.2, 0.25) is 0 Å². The van der Waals surface area contributed by atoms with Crippen molar-refractivity contribution in [2.24, 2.45) is 5.73 Å². The summed E-state index contributed by atoms with van der Waals surface area (Å²) in [6, 6.07) is -0.680. The van der Waals surface area contributed by atoms with Crippen LogP contribution in [0.25, 0.3) is 0 Å². The van der Waals surface area contributed by atoms with E-state index < -0.39 is 6.03 Å². The quantitative estimate of drug-likeness (QED) is 0.617. The van der Waals surface area contributed by atoms with Gasteiger partial charge in [0.25, 0.3) is 0 Å². The van der Waals surface area contributed by atoms with E-state index in [4.69, 9.17) is 5.73 Å². The standard InChI is InChI=1S/C9H18N4O2.ClH/c1-6(8(14)12-9(10)15)13-4-3-7(5-13)11-2;/h6-7,11H,3-5H2,1-2H3,(H3,10,12,14,15);1H. The van der Waals surface area contributed by atoms with Crippen LogP contribution in [0.4, 0.5) is 4.79 Å². The summed E-state index contributed by atoms with van der Waals surface area (Å²) in [5.41, 5.74) is 4.88. The third kappa shape index (κ3) is 3.96. The SMILES string of the molecule is CNC1CCN(C(C)C(=O)NC(N)=O)C1.Cl. The van der Waals surface area contributed by atoms with Crippen LogP contribution >= 0.6 is 12.4 Å². The maximum absolute atomic E-state index is 11.5. The molecule has 0 aromatic heterocycles. The number of hydrogen-bond donors (Lipinski definition) is 3. The summed E-state index contributed by atoms with van der Waals surface area (Å²) in [5, 5.41) is 5.25. The van der Waals surface area contributed by atoms with Gasteiger partial charge in [-0.25, -0.2) is 4.79 Å². The number of hydrogen-bond acceptors (Lipinski definition) is 4. The molecule has 1 fully saturated rings. The lowest BCUT2D eigenvalue weighted by molar-refractivity contribution is -0.124. The smallest absolute Gasteiger partial charge is 0.318 e. The minimum Gasteiger partial charge on any atom is -0.351 e. The molecule has 1 aliphatic rings. The Balaban J connectivity index is 0.00000225. The molecule has 2 unspecified atom stereocenters. The van der Waals surface area contributed by atoms with Gasteiger partial charge >= 0.3 is 6.03 Å². The van der Waals surface area contributed by atoms with E-state index in [-0.39, 0.29) is 24.4 Å². The van der Waals surface area contributed by atoms with Gasteiger partial charge in [0.05, 0.1) is 6.04 Å². The number of carbonyl (C=O) groups is 2. The number of likely N-dealkylation sites (tertiary alicyclic amines) is 1. The van der Waals surface area contributed by atoms with Crippen molar-refractivity contribution in [3.05, 3.63) is 0 Å². The number of nitrogens with two attached hydrogens (primary N) is 1. The van der Waals surface area contributed by atoms with Gasteiger partial charge in [0.2, 0.25) is 5.91 Å². The van der Waals surface area contributed by atoms with Crippen LogP contribution in [0.5, 0.6) is 0 Å². The Morgan fingerprint density at radius 2 is 2.12 bits per heavy atom. The second-order valence-electron chi connectivity index (χ2n) is 3.80. The number of carbonyl (C=O) groups excluding carboxylic acids is 2. The van der Waals surface area contributed by atoms with Crippen LogP contribution in [0.1, 0.15) is 13.3 Å². The van der Waals surface area contributed by atoms with Crippen LogP contribution in [0, 0.1) is 0 Å². The number of imide groups is 1. The van der Waals surface area contributed by atoms with Crippen molar-refractivity contribution < 1.29 is 9.59 Å². The van der Waals surface area contributed by atoms with Crippen molar-refractivity contribution in [1.29, 1.82) is 0 Å². The van der Waals surface area contributed by atoms with E-state index in [2.05, 4.69) is 10.6 Å². The number of halogens is 1. The number of urea groups is 1. The van der Waals surface area contributed by atoms with E-state index >= 15 is 0 Å². The van der Waals surface area contributed by atoms with Crippen molar-refractivity contribution >= 4 is 24.3 Å². The number of amides is 3. The first-order valence-corrected chi connectivity index (χ1v) is 5.06. The molecule has 1 rings (SSSR count). The monoisotopic (exact) mass is 250 g/mol. The zero-order valence-electron chi connectivity index (χ0n) is 9.53. The summed E-state index contributed by atoms with van der Waals surface area (Å²) in [5.74, 6) is -0.334. The molecular formula is C9H19ClN4O2. The van der Waals surface area contributed by atoms with Crippen LogP contribution < -0.4 is 16.4 Å². The highest BCUT2D eigenvalue weighted by Crippen LogP contribution is 2.12. The molecule has 7 heteroatoms. The summed E-state index contributed by atoms with van der Waals surface area (Å²) in [6.45, 7) is 3.46. The van der Waals surface area contributed by atoms with Crippen molar-refractivity contribution in [1.82, 2.24) is 15.5 Å². The second kappa shape index (κ2) is 6.67. The highest BCUT2D eigenvalue weighted by atomic mass is 35.5. The second-order valence-corrected chi connectivity index (χ2v) is 3.80. The fraction of sp³-hybridized carbons (Fsp3) is 0.778. The Hall–Kier alpha value is -0.850. The van der Waals surface area contributed by atoms with Gasteiger partial charge in [-0.15, -0.1) is 12.4 Å². The summed E-state index contributed by atoms with van der Waals surface area (Å²) in [7, 11) is 1.91. The molecule has 16 heavy (non-hydrogen) atoms. The molecule has 0 aromatic carbocycles. The van der Waals surface area contributed by atoms with Crippen molar-refractivity contribution in [2.75, 3.05) is 20.1 Å². The molecule has 6 nitrogen and oxygen atoms in total. The maximum atomic E-state index is 11.5. The minimum atomic E-state index is -0.795. The molecule has 0 spiro atoms. The average molecular weight is 251 g/mol. The molecule has 0 aromatic rings. The molecule has 0 bridgehead atoms. The van der Waals surface area contributed by atoms with Gasteiger partial charge < -0.3 is 11.1 Å². The van der Waals surface area contributed by atoms with Gasteiger partial charge in [-0.05, 0) is 20.4 Å². The van der Waals surface area contributed by atoms with Gasteiger partial charge in [-0.3, -0.25) is 15.0 Å². The first-order valence-electron chi connectivity index (χ1n) is 5.06. The lowest BCUT2D eigenvalue weighted by Crippen LogP contribution is -2.48. The van der Waals surface area contributed by atoms with Crippen LogP contribution in [-0.2, 0) is 4.79 Å². The normalized spacial score (nSPS) is 22.2. The van der Waals surface area contributed by atoms with Crippen molar-refractivity contribution in [3.63, 3.8) is 0 Å². The van der Waals surface area contributed by atoms with Gasteiger partial charge in [-0.2, -0.15) is 0 Å². The molecule has 1 heterocycles. The highest BCUT2D eigenvalue weighted by Gasteiger charge is 2.28. The Labute approximate surface area is 101 Å². The van der Waals surface area contributed by atoms with Gasteiger partial charge in [0.15, 0.2) is 0 Å². The molecule has 1 saturated heterocycles. The van der Waals surface area contributed by atoms with Gasteiger partial charge in [0, 0.05) is 19.1 Å². The van der Waals surface area contributed by atoms with Crippen LogP contribution in [-0.4, -0.2) is 49.1 Å². The molecule has 3 amide bonds. The lowest BCUT2D eigenvalue weighted by atomic mass is 10.2. The Kier molecular flexibility index (Phi) is 6.32. The maximum Gasteiger partial charge on any atom is 0.318 e. The Morgan fingerprint density at radius 1 is 1.50 bits per heavy atom. The predicted octanol–water partition coefficient (Wildman–Crippen LogP) is -0.715. The molecular weight excluding hydrogens is 232 g/mol. The largest absolute Gasteiger partial charge is 0.351 e. The number of likely N-dealkylation sites (N-methyl/N-ethyl adjacent to an activating group) is 1. The topological polar surface area (TPSA) is 87.5 Å². The molecule has 94 valence electrons. The summed E-state index contributed by atoms with van der Waals surface area (Å²) < 4.78 is 0. The first kappa shape index (κ1) is 15.2. The van der Waals surface area contributed by atoms with Gasteiger partial charge in [-0.1, -0.05) is 0 Å². The number of nitrogens with one attached hydrogen (secondary N) is 2. The molecule has 2 atom stereocenters. The molecule has 0 saturated carbocycles.